The summed E-state index contributed by atoms with van der Waals surface area (Å²) < 4.78 is 3.87. The van der Waals surface area contributed by atoms with Crippen LogP contribution in [0.2, 0.25) is 0 Å². The molecule has 1 amide bonds. The van der Waals surface area contributed by atoms with Crippen molar-refractivity contribution in [2.75, 3.05) is 6.54 Å². The Morgan fingerprint density at radius 2 is 2.11 bits per heavy atom. The molecule has 106 valence electrons. The molecular weight excluding hydrogens is 260 g/mol. The van der Waals surface area contributed by atoms with Crippen molar-refractivity contribution < 1.29 is 4.79 Å². The van der Waals surface area contributed by atoms with Crippen LogP contribution in [0.15, 0.2) is 0 Å². The second-order valence-corrected chi connectivity index (χ2v) is 6.01. The maximum absolute atomic E-state index is 12.6. The van der Waals surface area contributed by atoms with Gasteiger partial charge in [0.15, 0.2) is 0 Å². The van der Waals surface area contributed by atoms with Crippen LogP contribution in [0.3, 0.4) is 0 Å². The number of rotatable bonds is 4. The lowest BCUT2D eigenvalue weighted by molar-refractivity contribution is 0.0631. The molecule has 2 rings (SSSR count). The molecule has 6 heteroatoms. The van der Waals surface area contributed by atoms with Gasteiger partial charge in [0.2, 0.25) is 0 Å². The van der Waals surface area contributed by atoms with Gasteiger partial charge < -0.3 is 10.6 Å². The summed E-state index contributed by atoms with van der Waals surface area (Å²) in [5, 5.41) is 3.94. The first-order valence-corrected chi connectivity index (χ1v) is 7.76. The second-order valence-electron chi connectivity index (χ2n) is 5.25. The van der Waals surface area contributed by atoms with Crippen molar-refractivity contribution >= 4 is 17.4 Å². The summed E-state index contributed by atoms with van der Waals surface area (Å²) in [4.78, 5) is 15.3. The average molecular weight is 282 g/mol. The average Bonchev–Trinajstić information content (AvgIpc) is 2.83. The van der Waals surface area contributed by atoms with Crippen molar-refractivity contribution in [2.45, 2.75) is 58.0 Å². The van der Waals surface area contributed by atoms with Crippen molar-refractivity contribution in [3.63, 3.8) is 0 Å². The fourth-order valence-corrected chi connectivity index (χ4v) is 3.28. The Kier molecular flexibility index (Phi) is 4.87. The molecule has 0 saturated heterocycles. The molecule has 1 saturated carbocycles. The van der Waals surface area contributed by atoms with Crippen LogP contribution in [-0.4, -0.2) is 39.0 Å². The van der Waals surface area contributed by atoms with Crippen LogP contribution in [0.5, 0.6) is 0 Å². The van der Waals surface area contributed by atoms with E-state index < -0.39 is 0 Å². The lowest BCUT2D eigenvalue weighted by atomic mass is 9.90. The maximum atomic E-state index is 12.6. The number of carbonyl (C=O) groups excluding carboxylic acids is 1. The highest BCUT2D eigenvalue weighted by molar-refractivity contribution is 7.07. The van der Waals surface area contributed by atoms with Crippen molar-refractivity contribution in [1.82, 2.24) is 14.5 Å². The largest absolute Gasteiger partial charge is 0.335 e. The minimum atomic E-state index is 0.0924. The van der Waals surface area contributed by atoms with Crippen LogP contribution in [0, 0.1) is 6.92 Å². The topological polar surface area (TPSA) is 72.1 Å². The predicted octanol–water partition coefficient (Wildman–Crippen LogP) is 1.97. The van der Waals surface area contributed by atoms with E-state index in [1.807, 2.05) is 11.8 Å². The van der Waals surface area contributed by atoms with Gasteiger partial charge in [0.05, 0.1) is 5.69 Å². The van der Waals surface area contributed by atoms with E-state index >= 15 is 0 Å². The van der Waals surface area contributed by atoms with Crippen LogP contribution in [0.25, 0.3) is 0 Å². The summed E-state index contributed by atoms with van der Waals surface area (Å²) >= 11 is 1.20. The summed E-state index contributed by atoms with van der Waals surface area (Å²) in [5.41, 5.74) is 6.68. The highest BCUT2D eigenvalue weighted by atomic mass is 32.1. The second kappa shape index (κ2) is 6.43. The molecule has 1 aromatic heterocycles. The molecule has 0 aromatic carbocycles. The first-order chi connectivity index (χ1) is 9.13. The number of aromatic nitrogens is 2. The molecule has 0 unspecified atom stereocenters. The highest BCUT2D eigenvalue weighted by Crippen LogP contribution is 2.25. The van der Waals surface area contributed by atoms with Gasteiger partial charge in [-0.25, -0.2) is 0 Å². The lowest BCUT2D eigenvalue weighted by Gasteiger charge is -2.35. The van der Waals surface area contributed by atoms with E-state index in [9.17, 15) is 4.79 Å². The Labute approximate surface area is 118 Å². The zero-order chi connectivity index (χ0) is 13.8. The SMILES string of the molecule is CCCN(C(=O)c1snnc1C)C1CCC(N)CC1. The standard InChI is InChI=1S/C13H22N4OS/c1-3-8-17(11-6-4-10(14)5-7-11)13(18)12-9(2)15-16-19-12/h10-11H,3-8,14H2,1-2H3. The quantitative estimate of drug-likeness (QED) is 0.916. The van der Waals surface area contributed by atoms with Gasteiger partial charge in [-0.05, 0) is 50.6 Å². The number of hydrogen-bond acceptors (Lipinski definition) is 5. The molecule has 1 aliphatic carbocycles. The van der Waals surface area contributed by atoms with Gasteiger partial charge in [-0.15, -0.1) is 5.10 Å². The molecule has 0 atom stereocenters. The third kappa shape index (κ3) is 3.30. The molecule has 0 bridgehead atoms. The normalized spacial score (nSPS) is 23.3. The van der Waals surface area contributed by atoms with Crippen LogP contribution >= 0.6 is 11.5 Å². The molecule has 0 radical (unpaired) electrons. The first-order valence-electron chi connectivity index (χ1n) is 6.99. The number of carbonyl (C=O) groups is 1. The van der Waals surface area contributed by atoms with Crippen molar-refractivity contribution in [2.24, 2.45) is 5.73 Å². The minimum absolute atomic E-state index is 0.0924. The number of amides is 1. The van der Waals surface area contributed by atoms with E-state index in [0.29, 0.717) is 17.0 Å². The number of nitrogens with zero attached hydrogens (tertiary/aromatic N) is 3. The van der Waals surface area contributed by atoms with Gasteiger partial charge in [0, 0.05) is 18.6 Å². The molecule has 0 spiro atoms. The van der Waals surface area contributed by atoms with Gasteiger partial charge in [-0.3, -0.25) is 4.79 Å². The number of aryl methyl sites for hydroxylation is 1. The van der Waals surface area contributed by atoms with E-state index in [4.69, 9.17) is 5.73 Å². The summed E-state index contributed by atoms with van der Waals surface area (Å²) in [6.45, 7) is 4.75. The number of hydrogen-bond donors (Lipinski definition) is 1. The fourth-order valence-electron chi connectivity index (χ4n) is 2.66. The van der Waals surface area contributed by atoms with Gasteiger partial charge in [-0.1, -0.05) is 11.4 Å². The van der Waals surface area contributed by atoms with Gasteiger partial charge in [0.1, 0.15) is 4.88 Å². The molecule has 2 N–H and O–H groups in total. The Morgan fingerprint density at radius 1 is 1.42 bits per heavy atom. The highest BCUT2D eigenvalue weighted by Gasteiger charge is 2.29. The lowest BCUT2D eigenvalue weighted by Crippen LogP contribution is -2.44. The third-order valence-electron chi connectivity index (χ3n) is 3.75. The van der Waals surface area contributed by atoms with Gasteiger partial charge in [0.25, 0.3) is 5.91 Å². The van der Waals surface area contributed by atoms with E-state index in [0.717, 1.165) is 44.3 Å². The van der Waals surface area contributed by atoms with Crippen molar-refractivity contribution in [1.29, 1.82) is 0 Å². The number of nitrogens with two attached hydrogens (primary N) is 1. The Balaban J connectivity index is 2.11. The Morgan fingerprint density at radius 3 is 2.63 bits per heavy atom. The first kappa shape index (κ1) is 14.4. The summed E-state index contributed by atoms with van der Waals surface area (Å²) in [5.74, 6) is 0.0924. The zero-order valence-electron chi connectivity index (χ0n) is 11.6. The van der Waals surface area contributed by atoms with Gasteiger partial charge in [-0.2, -0.15) is 0 Å². The molecule has 1 aliphatic rings. The van der Waals surface area contributed by atoms with Crippen LogP contribution in [-0.2, 0) is 0 Å². The maximum Gasteiger partial charge on any atom is 0.267 e. The molecule has 19 heavy (non-hydrogen) atoms. The summed E-state index contributed by atoms with van der Waals surface area (Å²) in [7, 11) is 0. The molecule has 5 nitrogen and oxygen atoms in total. The van der Waals surface area contributed by atoms with Crippen molar-refractivity contribution in [3.8, 4) is 0 Å². The minimum Gasteiger partial charge on any atom is -0.335 e. The Bertz CT molecular complexity index is 426. The third-order valence-corrected chi connectivity index (χ3v) is 4.57. The smallest absolute Gasteiger partial charge is 0.267 e. The van der Waals surface area contributed by atoms with Gasteiger partial charge >= 0.3 is 0 Å². The zero-order valence-corrected chi connectivity index (χ0v) is 12.4. The molecule has 1 heterocycles. The van der Waals surface area contributed by atoms with E-state index in [1.54, 1.807) is 0 Å². The summed E-state index contributed by atoms with van der Waals surface area (Å²) in [6, 6.07) is 0.635. The molecular formula is C13H22N4OS. The molecule has 1 fully saturated rings. The van der Waals surface area contributed by atoms with Crippen LogP contribution in [0.1, 0.15) is 54.4 Å². The predicted molar refractivity (Wildman–Crippen MR) is 76.2 cm³/mol. The van der Waals surface area contributed by atoms with Crippen molar-refractivity contribution in [3.05, 3.63) is 10.6 Å². The Hall–Kier alpha value is -1.01. The van der Waals surface area contributed by atoms with Crippen LogP contribution < -0.4 is 5.73 Å². The monoisotopic (exact) mass is 282 g/mol. The van der Waals surface area contributed by atoms with E-state index in [1.165, 1.54) is 11.5 Å². The molecule has 1 aromatic rings. The summed E-state index contributed by atoms with van der Waals surface area (Å²) in [6.07, 6.45) is 5.02. The van der Waals surface area contributed by atoms with Crippen LogP contribution in [0.4, 0.5) is 0 Å². The van der Waals surface area contributed by atoms with E-state index in [2.05, 4.69) is 16.5 Å². The van der Waals surface area contributed by atoms with E-state index in [-0.39, 0.29) is 5.91 Å². The molecule has 0 aliphatic heterocycles. The fraction of sp³-hybridized carbons (Fsp3) is 0.769.